The van der Waals surface area contributed by atoms with Gasteiger partial charge in [0.05, 0.1) is 0 Å². The molecule has 0 spiro atoms. The molecule has 0 saturated carbocycles. The molecule has 0 aromatic rings. The van der Waals surface area contributed by atoms with Crippen LogP contribution in [0.4, 0.5) is 0 Å². The zero-order chi connectivity index (χ0) is 16.5. The maximum absolute atomic E-state index is 11.7. The van der Waals surface area contributed by atoms with Gasteiger partial charge in [-0.2, -0.15) is 0 Å². The minimum Gasteiger partial charge on any atom is -0.330 e. The van der Waals surface area contributed by atoms with Crippen LogP contribution in [0, 0.1) is 5.92 Å². The number of hydrogen-bond acceptors (Lipinski definition) is 4. The fraction of sp³-hybridized carbons (Fsp3) is 0.944. The fourth-order valence-corrected chi connectivity index (χ4v) is 2.64. The van der Waals surface area contributed by atoms with Crippen molar-refractivity contribution < 1.29 is 4.79 Å². The summed E-state index contributed by atoms with van der Waals surface area (Å²) in [5, 5.41) is 6.87. The molecule has 4 nitrogen and oxygen atoms in total. The van der Waals surface area contributed by atoms with Gasteiger partial charge in [-0.3, -0.25) is 4.79 Å². The van der Waals surface area contributed by atoms with E-state index in [0.717, 1.165) is 71.2 Å². The van der Waals surface area contributed by atoms with Crippen molar-refractivity contribution in [3.05, 3.63) is 0 Å². The van der Waals surface area contributed by atoms with Gasteiger partial charge in [0.1, 0.15) is 5.78 Å². The van der Waals surface area contributed by atoms with Crippen LogP contribution < -0.4 is 16.4 Å². The third kappa shape index (κ3) is 14.5. The largest absolute Gasteiger partial charge is 0.330 e. The molecule has 0 radical (unpaired) electrons. The first-order valence-electron chi connectivity index (χ1n) is 9.34. The Kier molecular flexibility index (Phi) is 16.6. The van der Waals surface area contributed by atoms with Gasteiger partial charge in [0.2, 0.25) is 0 Å². The summed E-state index contributed by atoms with van der Waals surface area (Å²) in [5.41, 5.74) is 5.45. The summed E-state index contributed by atoms with van der Waals surface area (Å²) in [6.45, 7) is 8.96. The van der Waals surface area contributed by atoms with Gasteiger partial charge in [0, 0.05) is 5.92 Å². The maximum Gasteiger partial charge on any atom is 0.132 e. The summed E-state index contributed by atoms with van der Waals surface area (Å²) < 4.78 is 0. The van der Waals surface area contributed by atoms with Crippen LogP contribution in [-0.2, 0) is 4.79 Å². The summed E-state index contributed by atoms with van der Waals surface area (Å²) in [5.74, 6) is 0.628. The molecule has 1 unspecified atom stereocenters. The molecule has 0 aromatic carbocycles. The zero-order valence-corrected chi connectivity index (χ0v) is 15.0. The number of hydrogen-bond donors (Lipinski definition) is 3. The lowest BCUT2D eigenvalue weighted by atomic mass is 9.93. The van der Waals surface area contributed by atoms with Crippen LogP contribution in [0.2, 0.25) is 0 Å². The predicted molar refractivity (Wildman–Crippen MR) is 96.2 cm³/mol. The van der Waals surface area contributed by atoms with Crippen molar-refractivity contribution in [3.8, 4) is 0 Å². The van der Waals surface area contributed by atoms with E-state index in [1.165, 1.54) is 19.3 Å². The van der Waals surface area contributed by atoms with Crippen molar-refractivity contribution >= 4 is 5.78 Å². The van der Waals surface area contributed by atoms with Gasteiger partial charge < -0.3 is 16.4 Å². The van der Waals surface area contributed by atoms with Gasteiger partial charge >= 0.3 is 0 Å². The number of ketones is 1. The fourth-order valence-electron chi connectivity index (χ4n) is 2.64. The number of carbonyl (C=O) groups is 1. The quantitative estimate of drug-likeness (QED) is 0.361. The molecular weight excluding hydrogens is 274 g/mol. The van der Waals surface area contributed by atoms with Crippen LogP contribution in [0.1, 0.15) is 71.6 Å². The van der Waals surface area contributed by atoms with E-state index in [1.54, 1.807) is 6.92 Å². The lowest BCUT2D eigenvalue weighted by Gasteiger charge is -2.14. The second-order valence-electron chi connectivity index (χ2n) is 6.29. The Bertz CT molecular complexity index is 228. The molecule has 1 atom stereocenters. The van der Waals surface area contributed by atoms with Crippen molar-refractivity contribution in [3.63, 3.8) is 0 Å². The Morgan fingerprint density at radius 1 is 0.864 bits per heavy atom. The number of carbonyl (C=O) groups excluding carboxylic acids is 1. The number of rotatable bonds is 17. The van der Waals surface area contributed by atoms with Crippen LogP contribution >= 0.6 is 0 Å². The van der Waals surface area contributed by atoms with Gasteiger partial charge in [-0.15, -0.1) is 0 Å². The molecule has 0 fully saturated rings. The first kappa shape index (κ1) is 21.6. The zero-order valence-electron chi connectivity index (χ0n) is 15.0. The van der Waals surface area contributed by atoms with Crippen LogP contribution in [0.3, 0.4) is 0 Å². The Labute approximate surface area is 138 Å². The minimum atomic E-state index is 0.265. The second kappa shape index (κ2) is 16.9. The third-order valence-electron chi connectivity index (χ3n) is 4.15. The third-order valence-corrected chi connectivity index (χ3v) is 4.15. The lowest BCUT2D eigenvalue weighted by Crippen LogP contribution is -2.20. The van der Waals surface area contributed by atoms with E-state index in [0.29, 0.717) is 5.78 Å². The first-order chi connectivity index (χ1) is 10.7. The van der Waals surface area contributed by atoms with Gasteiger partial charge in [-0.1, -0.05) is 26.2 Å². The van der Waals surface area contributed by atoms with Crippen LogP contribution in [0.25, 0.3) is 0 Å². The molecule has 0 rings (SSSR count). The average Bonchev–Trinajstić information content (AvgIpc) is 2.50. The average molecular weight is 314 g/mol. The Balaban J connectivity index is 3.51. The van der Waals surface area contributed by atoms with Crippen LogP contribution in [0.5, 0.6) is 0 Å². The molecule has 0 bridgehead atoms. The van der Waals surface area contributed by atoms with E-state index < -0.39 is 0 Å². The molecule has 4 heteroatoms. The molecule has 0 aliphatic rings. The molecule has 132 valence electrons. The van der Waals surface area contributed by atoms with Crippen molar-refractivity contribution in [2.24, 2.45) is 11.7 Å². The normalized spacial score (nSPS) is 12.5. The summed E-state index contributed by atoms with van der Waals surface area (Å²) >= 11 is 0. The maximum atomic E-state index is 11.7. The van der Waals surface area contributed by atoms with Crippen LogP contribution in [-0.4, -0.2) is 38.5 Å². The molecule has 0 aliphatic carbocycles. The highest BCUT2D eigenvalue weighted by molar-refractivity contribution is 5.78. The highest BCUT2D eigenvalue weighted by Crippen LogP contribution is 2.15. The summed E-state index contributed by atoms with van der Waals surface area (Å²) in [6.07, 6.45) is 10.4. The Morgan fingerprint density at radius 2 is 1.41 bits per heavy atom. The number of Topliss-reactive ketones (excluding diaryl/α,β-unsaturated/α-hetero) is 1. The highest BCUT2D eigenvalue weighted by atomic mass is 16.1. The molecule has 0 heterocycles. The van der Waals surface area contributed by atoms with Crippen molar-refractivity contribution in [2.75, 3.05) is 32.7 Å². The van der Waals surface area contributed by atoms with E-state index in [9.17, 15) is 4.79 Å². The minimum absolute atomic E-state index is 0.265. The van der Waals surface area contributed by atoms with E-state index in [-0.39, 0.29) is 5.92 Å². The topological polar surface area (TPSA) is 67.2 Å². The molecular formula is C18H39N3O. The van der Waals surface area contributed by atoms with Gasteiger partial charge in [0.25, 0.3) is 0 Å². The van der Waals surface area contributed by atoms with E-state index in [2.05, 4.69) is 17.6 Å². The highest BCUT2D eigenvalue weighted by Gasteiger charge is 2.13. The Hall–Kier alpha value is -0.450. The number of nitrogens with one attached hydrogen (secondary N) is 2. The standard InChI is InChI=1S/C18H39N3O/c1-3-4-6-13-20-15-8-11-18(17(2)22)10-5-7-14-21-16-9-12-19/h18,20-21H,3-16,19H2,1-2H3. The molecule has 22 heavy (non-hydrogen) atoms. The molecule has 0 aliphatic heterocycles. The predicted octanol–water partition coefficient (Wildman–Crippen LogP) is 2.86. The van der Waals surface area contributed by atoms with Crippen molar-refractivity contribution in [1.82, 2.24) is 10.6 Å². The molecule has 0 saturated heterocycles. The SMILES string of the molecule is CCCCCNCCCC(CCCCNCCCN)C(C)=O. The smallest absolute Gasteiger partial charge is 0.132 e. The van der Waals surface area contributed by atoms with E-state index in [4.69, 9.17) is 5.73 Å². The van der Waals surface area contributed by atoms with E-state index in [1.807, 2.05) is 0 Å². The van der Waals surface area contributed by atoms with Gasteiger partial charge in [0.15, 0.2) is 0 Å². The van der Waals surface area contributed by atoms with Crippen LogP contribution in [0.15, 0.2) is 0 Å². The van der Waals surface area contributed by atoms with Crippen molar-refractivity contribution in [1.29, 1.82) is 0 Å². The number of unbranched alkanes of at least 4 members (excludes halogenated alkanes) is 3. The molecule has 0 aromatic heterocycles. The van der Waals surface area contributed by atoms with Gasteiger partial charge in [-0.25, -0.2) is 0 Å². The first-order valence-corrected chi connectivity index (χ1v) is 9.34. The number of nitrogens with two attached hydrogens (primary N) is 1. The monoisotopic (exact) mass is 313 g/mol. The Morgan fingerprint density at radius 3 is 2.00 bits per heavy atom. The summed E-state index contributed by atoms with van der Waals surface area (Å²) in [6, 6.07) is 0. The summed E-state index contributed by atoms with van der Waals surface area (Å²) in [4.78, 5) is 11.7. The van der Waals surface area contributed by atoms with Gasteiger partial charge in [-0.05, 0) is 78.2 Å². The van der Waals surface area contributed by atoms with Crippen molar-refractivity contribution in [2.45, 2.75) is 71.6 Å². The second-order valence-corrected chi connectivity index (χ2v) is 6.29. The summed E-state index contributed by atoms with van der Waals surface area (Å²) in [7, 11) is 0. The molecule has 4 N–H and O–H groups in total. The molecule has 0 amide bonds. The van der Waals surface area contributed by atoms with E-state index >= 15 is 0 Å². The lowest BCUT2D eigenvalue weighted by molar-refractivity contribution is -0.121.